The number of nitrogens with zero attached hydrogens (tertiary/aromatic N) is 2. The molecule has 26 heavy (non-hydrogen) atoms. The molecule has 4 rings (SSSR count). The average molecular weight is 361 g/mol. The summed E-state index contributed by atoms with van der Waals surface area (Å²) in [6.07, 6.45) is 0. The van der Waals surface area contributed by atoms with Crippen LogP contribution in [0.25, 0.3) is 10.8 Å². The SMILES string of the molecule is O=C(c1nnc(NCc2ccccc2)s1)c1cc2ccccc2cc1O. The summed E-state index contributed by atoms with van der Waals surface area (Å²) >= 11 is 1.18. The maximum atomic E-state index is 12.7. The molecule has 5 nitrogen and oxygen atoms in total. The second-order valence-corrected chi connectivity index (χ2v) is 6.77. The highest BCUT2D eigenvalue weighted by molar-refractivity contribution is 7.17. The molecule has 0 atom stereocenters. The molecule has 3 aromatic carbocycles. The molecule has 6 heteroatoms. The number of ketones is 1. The first-order valence-electron chi connectivity index (χ1n) is 8.08. The summed E-state index contributed by atoms with van der Waals surface area (Å²) in [6.45, 7) is 0.602. The zero-order valence-electron chi connectivity index (χ0n) is 13.7. The van der Waals surface area contributed by atoms with E-state index >= 15 is 0 Å². The number of hydrogen-bond donors (Lipinski definition) is 2. The Labute approximate surface area is 154 Å². The van der Waals surface area contributed by atoms with E-state index in [0.29, 0.717) is 11.7 Å². The largest absolute Gasteiger partial charge is 0.507 e. The van der Waals surface area contributed by atoms with Crippen LogP contribution in [0.1, 0.15) is 20.9 Å². The zero-order chi connectivity index (χ0) is 17.9. The molecule has 4 aromatic rings. The highest BCUT2D eigenvalue weighted by Gasteiger charge is 2.19. The topological polar surface area (TPSA) is 75.1 Å². The number of phenolic OH excluding ortho intramolecular Hbond substituents is 1. The third-order valence-corrected chi connectivity index (χ3v) is 4.89. The monoisotopic (exact) mass is 361 g/mol. The average Bonchev–Trinajstić information content (AvgIpc) is 3.15. The Balaban J connectivity index is 1.55. The third-order valence-electron chi connectivity index (χ3n) is 4.01. The summed E-state index contributed by atoms with van der Waals surface area (Å²) in [4.78, 5) is 12.7. The van der Waals surface area contributed by atoms with Crippen LogP contribution >= 0.6 is 11.3 Å². The van der Waals surface area contributed by atoms with Crippen LogP contribution in [-0.2, 0) is 6.54 Å². The number of nitrogens with one attached hydrogen (secondary N) is 1. The maximum Gasteiger partial charge on any atom is 0.227 e. The van der Waals surface area contributed by atoms with Gasteiger partial charge in [0, 0.05) is 6.54 Å². The number of benzene rings is 3. The van der Waals surface area contributed by atoms with Gasteiger partial charge >= 0.3 is 0 Å². The van der Waals surface area contributed by atoms with Gasteiger partial charge in [-0.3, -0.25) is 4.79 Å². The number of rotatable bonds is 5. The predicted molar refractivity (Wildman–Crippen MR) is 103 cm³/mol. The van der Waals surface area contributed by atoms with Crippen LogP contribution in [0.3, 0.4) is 0 Å². The van der Waals surface area contributed by atoms with Crippen LogP contribution in [0.5, 0.6) is 5.75 Å². The molecule has 0 saturated carbocycles. The van der Waals surface area contributed by atoms with E-state index in [1.807, 2.05) is 54.6 Å². The Morgan fingerprint density at radius 1 is 0.962 bits per heavy atom. The van der Waals surface area contributed by atoms with Crippen molar-refractivity contribution in [3.8, 4) is 5.75 Å². The van der Waals surface area contributed by atoms with Gasteiger partial charge in [0.15, 0.2) is 5.01 Å². The van der Waals surface area contributed by atoms with Gasteiger partial charge < -0.3 is 10.4 Å². The smallest absolute Gasteiger partial charge is 0.227 e. The fraction of sp³-hybridized carbons (Fsp3) is 0.0500. The summed E-state index contributed by atoms with van der Waals surface area (Å²) < 4.78 is 0. The third kappa shape index (κ3) is 3.27. The second kappa shape index (κ2) is 6.93. The molecule has 0 radical (unpaired) electrons. The summed E-state index contributed by atoms with van der Waals surface area (Å²) in [5, 5.41) is 24.0. The minimum absolute atomic E-state index is 0.0531. The standard InChI is InChI=1S/C20H15N3O2S/c24-17-11-15-9-5-4-8-14(15)10-16(17)18(25)19-22-23-20(26-19)21-12-13-6-2-1-3-7-13/h1-11,24H,12H2,(H,21,23). The molecule has 0 spiro atoms. The van der Waals surface area contributed by atoms with Crippen molar-refractivity contribution in [2.75, 3.05) is 5.32 Å². The van der Waals surface area contributed by atoms with Gasteiger partial charge in [-0.1, -0.05) is 65.9 Å². The first-order chi connectivity index (χ1) is 12.7. The molecule has 0 unspecified atom stereocenters. The van der Waals surface area contributed by atoms with E-state index in [9.17, 15) is 9.90 Å². The summed E-state index contributed by atoms with van der Waals surface area (Å²) in [5.41, 5.74) is 1.34. The zero-order valence-corrected chi connectivity index (χ0v) is 14.5. The molecule has 1 aromatic heterocycles. The van der Waals surface area contributed by atoms with E-state index in [1.54, 1.807) is 12.1 Å². The second-order valence-electron chi connectivity index (χ2n) is 5.80. The van der Waals surface area contributed by atoms with Crippen LogP contribution in [0.15, 0.2) is 66.7 Å². The molecule has 0 saturated heterocycles. The van der Waals surface area contributed by atoms with Gasteiger partial charge in [0.25, 0.3) is 0 Å². The van der Waals surface area contributed by atoms with Crippen molar-refractivity contribution in [2.24, 2.45) is 0 Å². The summed E-state index contributed by atoms with van der Waals surface area (Å²) in [6, 6.07) is 20.8. The fourth-order valence-corrected chi connectivity index (χ4v) is 3.38. The first kappa shape index (κ1) is 16.2. The number of phenols is 1. The minimum Gasteiger partial charge on any atom is -0.507 e. The molecule has 0 amide bonds. The Kier molecular flexibility index (Phi) is 4.33. The van der Waals surface area contributed by atoms with Crippen LogP contribution in [0, 0.1) is 0 Å². The molecule has 2 N–H and O–H groups in total. The van der Waals surface area contributed by atoms with Gasteiger partial charge in [-0.15, -0.1) is 10.2 Å². The van der Waals surface area contributed by atoms with Crippen LogP contribution in [-0.4, -0.2) is 21.1 Å². The van der Waals surface area contributed by atoms with Crippen molar-refractivity contribution >= 4 is 33.0 Å². The van der Waals surface area contributed by atoms with Crippen molar-refractivity contribution in [1.82, 2.24) is 10.2 Å². The molecule has 0 aliphatic rings. The van der Waals surface area contributed by atoms with Gasteiger partial charge in [-0.2, -0.15) is 0 Å². The Hall–Kier alpha value is -3.25. The van der Waals surface area contributed by atoms with E-state index in [0.717, 1.165) is 16.3 Å². The normalized spacial score (nSPS) is 10.8. The van der Waals surface area contributed by atoms with E-state index in [2.05, 4.69) is 15.5 Å². The van der Waals surface area contributed by atoms with Crippen LogP contribution in [0.4, 0.5) is 5.13 Å². The van der Waals surface area contributed by atoms with Crippen LogP contribution in [0.2, 0.25) is 0 Å². The summed E-state index contributed by atoms with van der Waals surface area (Å²) in [7, 11) is 0. The number of fused-ring (bicyclic) bond motifs is 1. The lowest BCUT2D eigenvalue weighted by molar-refractivity contribution is 0.103. The number of aromatic hydroxyl groups is 1. The molecule has 0 aliphatic carbocycles. The van der Waals surface area contributed by atoms with Crippen molar-refractivity contribution in [2.45, 2.75) is 6.54 Å². The van der Waals surface area contributed by atoms with E-state index < -0.39 is 0 Å². The van der Waals surface area contributed by atoms with Gasteiger partial charge in [0.05, 0.1) is 5.56 Å². The van der Waals surface area contributed by atoms with Gasteiger partial charge in [-0.05, 0) is 28.5 Å². The van der Waals surface area contributed by atoms with E-state index in [1.165, 1.54) is 11.3 Å². The minimum atomic E-state index is -0.335. The van der Waals surface area contributed by atoms with Gasteiger partial charge in [0.1, 0.15) is 5.75 Å². The molecule has 0 aliphatic heterocycles. The molecule has 0 bridgehead atoms. The number of hydrogen-bond acceptors (Lipinski definition) is 6. The highest BCUT2D eigenvalue weighted by atomic mass is 32.1. The lowest BCUT2D eigenvalue weighted by Gasteiger charge is -2.04. The van der Waals surface area contributed by atoms with Crippen LogP contribution < -0.4 is 5.32 Å². The molecule has 128 valence electrons. The lowest BCUT2D eigenvalue weighted by atomic mass is 10.0. The van der Waals surface area contributed by atoms with E-state index in [-0.39, 0.29) is 22.1 Å². The highest BCUT2D eigenvalue weighted by Crippen LogP contribution is 2.28. The number of carbonyl (C=O) groups excluding carboxylic acids is 1. The predicted octanol–water partition coefficient (Wildman–Crippen LogP) is 4.24. The lowest BCUT2D eigenvalue weighted by Crippen LogP contribution is -2.01. The summed E-state index contributed by atoms with van der Waals surface area (Å²) in [5.74, 6) is -0.388. The van der Waals surface area contributed by atoms with Gasteiger partial charge in [-0.25, -0.2) is 0 Å². The van der Waals surface area contributed by atoms with Crippen molar-refractivity contribution in [3.05, 3.63) is 82.9 Å². The van der Waals surface area contributed by atoms with Crippen molar-refractivity contribution < 1.29 is 9.90 Å². The fourth-order valence-electron chi connectivity index (χ4n) is 2.69. The van der Waals surface area contributed by atoms with Crippen molar-refractivity contribution in [3.63, 3.8) is 0 Å². The number of aromatic nitrogens is 2. The first-order valence-corrected chi connectivity index (χ1v) is 8.90. The molecule has 0 fully saturated rings. The maximum absolute atomic E-state index is 12.7. The Morgan fingerprint density at radius 3 is 2.42 bits per heavy atom. The quantitative estimate of drug-likeness (QED) is 0.520. The molecule has 1 heterocycles. The van der Waals surface area contributed by atoms with Crippen molar-refractivity contribution in [1.29, 1.82) is 0 Å². The Bertz CT molecular complexity index is 1080. The van der Waals surface area contributed by atoms with Gasteiger partial charge in [0.2, 0.25) is 10.9 Å². The molecular weight excluding hydrogens is 346 g/mol. The molecular formula is C20H15N3O2S. The Morgan fingerprint density at radius 2 is 1.65 bits per heavy atom. The van der Waals surface area contributed by atoms with E-state index in [4.69, 9.17) is 0 Å². The number of anilines is 1. The number of carbonyl (C=O) groups is 1.